The fraction of sp³-hybridized carbons (Fsp3) is 0.333. The van der Waals surface area contributed by atoms with Crippen molar-refractivity contribution in [2.75, 3.05) is 7.11 Å². The SMILES string of the molecule is COC(=O)C(NS(=O)(=O)C(C)C(N)=S)c1ccccc1. The van der Waals surface area contributed by atoms with Crippen LogP contribution < -0.4 is 10.5 Å². The summed E-state index contributed by atoms with van der Waals surface area (Å²) < 4.78 is 31.1. The van der Waals surface area contributed by atoms with Crippen LogP contribution in [0.2, 0.25) is 0 Å². The fourth-order valence-electron chi connectivity index (χ4n) is 1.43. The van der Waals surface area contributed by atoms with E-state index in [9.17, 15) is 13.2 Å². The van der Waals surface area contributed by atoms with E-state index in [0.717, 1.165) is 0 Å². The van der Waals surface area contributed by atoms with Gasteiger partial charge in [-0.2, -0.15) is 4.72 Å². The highest BCUT2D eigenvalue weighted by Gasteiger charge is 2.31. The number of hydrogen-bond donors (Lipinski definition) is 2. The first-order valence-electron chi connectivity index (χ1n) is 5.73. The number of nitrogens with two attached hydrogens (primary N) is 1. The second-order valence-corrected chi connectivity index (χ2v) is 6.58. The van der Waals surface area contributed by atoms with E-state index in [1.54, 1.807) is 30.3 Å². The number of carbonyl (C=O) groups is 1. The van der Waals surface area contributed by atoms with Crippen molar-refractivity contribution in [1.29, 1.82) is 0 Å². The molecule has 110 valence electrons. The van der Waals surface area contributed by atoms with E-state index in [0.29, 0.717) is 5.56 Å². The van der Waals surface area contributed by atoms with Gasteiger partial charge in [0.2, 0.25) is 10.0 Å². The molecule has 20 heavy (non-hydrogen) atoms. The number of nitrogens with one attached hydrogen (secondary N) is 1. The Bertz CT molecular complexity index is 587. The molecule has 0 spiro atoms. The number of ether oxygens (including phenoxy) is 1. The third-order valence-corrected chi connectivity index (χ3v) is 4.97. The predicted octanol–water partition coefficient (Wildman–Crippen LogP) is 0.495. The number of esters is 1. The normalized spacial score (nSPS) is 14.3. The molecular weight excluding hydrogens is 300 g/mol. The summed E-state index contributed by atoms with van der Waals surface area (Å²) in [6.07, 6.45) is 0. The molecule has 0 saturated carbocycles. The minimum Gasteiger partial charge on any atom is -0.468 e. The number of sulfonamides is 1. The third kappa shape index (κ3) is 3.99. The average Bonchev–Trinajstić information content (AvgIpc) is 2.44. The Morgan fingerprint density at radius 3 is 2.35 bits per heavy atom. The van der Waals surface area contributed by atoms with Gasteiger partial charge in [-0.1, -0.05) is 42.5 Å². The van der Waals surface area contributed by atoms with E-state index < -0.39 is 27.3 Å². The standard InChI is InChI=1S/C12H16N2O4S2/c1-8(11(13)19)20(16,17)14-10(12(15)18-2)9-6-4-3-5-7-9/h3-8,10,14H,1-2H3,(H2,13,19). The molecule has 1 rings (SSSR count). The minimum atomic E-state index is -3.88. The zero-order valence-electron chi connectivity index (χ0n) is 11.1. The summed E-state index contributed by atoms with van der Waals surface area (Å²) in [5, 5.41) is -1.09. The second kappa shape index (κ2) is 6.78. The van der Waals surface area contributed by atoms with Crippen molar-refractivity contribution in [1.82, 2.24) is 4.72 Å². The summed E-state index contributed by atoms with van der Waals surface area (Å²) in [6, 6.07) is 7.24. The molecule has 0 aliphatic rings. The number of benzene rings is 1. The Hall–Kier alpha value is -1.51. The van der Waals surface area contributed by atoms with E-state index in [1.165, 1.54) is 14.0 Å². The lowest BCUT2D eigenvalue weighted by Gasteiger charge is -2.19. The molecule has 0 aliphatic carbocycles. The first-order valence-corrected chi connectivity index (χ1v) is 7.68. The zero-order valence-corrected chi connectivity index (χ0v) is 12.7. The molecule has 0 radical (unpaired) electrons. The Morgan fingerprint density at radius 2 is 1.90 bits per heavy atom. The van der Waals surface area contributed by atoms with Crippen molar-refractivity contribution in [3.63, 3.8) is 0 Å². The van der Waals surface area contributed by atoms with Gasteiger partial charge >= 0.3 is 5.97 Å². The van der Waals surface area contributed by atoms with Crippen LogP contribution in [-0.2, 0) is 19.6 Å². The van der Waals surface area contributed by atoms with Gasteiger partial charge in [0.15, 0.2) is 0 Å². The van der Waals surface area contributed by atoms with Gasteiger partial charge in [0, 0.05) is 0 Å². The van der Waals surface area contributed by atoms with Gasteiger partial charge in [-0.15, -0.1) is 0 Å². The van der Waals surface area contributed by atoms with E-state index in [2.05, 4.69) is 21.7 Å². The molecule has 6 nitrogen and oxygen atoms in total. The maximum absolute atomic E-state index is 12.1. The van der Waals surface area contributed by atoms with Crippen LogP contribution in [0.15, 0.2) is 30.3 Å². The number of rotatable bonds is 6. The fourth-order valence-corrected chi connectivity index (χ4v) is 2.89. The van der Waals surface area contributed by atoms with Gasteiger partial charge in [-0.25, -0.2) is 13.2 Å². The highest BCUT2D eigenvalue weighted by Crippen LogP contribution is 2.16. The van der Waals surface area contributed by atoms with Crippen LogP contribution in [0.5, 0.6) is 0 Å². The summed E-state index contributed by atoms with van der Waals surface area (Å²) in [7, 11) is -2.69. The minimum absolute atomic E-state index is 0.172. The second-order valence-electron chi connectivity index (χ2n) is 4.07. The van der Waals surface area contributed by atoms with Gasteiger partial charge in [0.1, 0.15) is 11.3 Å². The summed E-state index contributed by atoms with van der Waals surface area (Å²) in [5.41, 5.74) is 5.81. The smallest absolute Gasteiger partial charge is 0.328 e. The van der Waals surface area contributed by atoms with Crippen LogP contribution in [0.4, 0.5) is 0 Å². The van der Waals surface area contributed by atoms with Crippen molar-refractivity contribution in [3.05, 3.63) is 35.9 Å². The van der Waals surface area contributed by atoms with Crippen LogP contribution in [0, 0.1) is 0 Å². The van der Waals surface area contributed by atoms with E-state index in [1.807, 2.05) is 0 Å². The summed E-state index contributed by atoms with van der Waals surface area (Å²) in [5.74, 6) is -0.713. The van der Waals surface area contributed by atoms with Gasteiger partial charge in [0.25, 0.3) is 0 Å². The third-order valence-electron chi connectivity index (χ3n) is 2.72. The molecule has 0 fully saturated rings. The topological polar surface area (TPSA) is 98.5 Å². The summed E-state index contributed by atoms with van der Waals surface area (Å²) >= 11 is 4.67. The molecule has 3 N–H and O–H groups in total. The Morgan fingerprint density at radius 1 is 1.35 bits per heavy atom. The molecule has 2 atom stereocenters. The first kappa shape index (κ1) is 16.5. The number of carbonyl (C=O) groups excluding carboxylic acids is 1. The monoisotopic (exact) mass is 316 g/mol. The number of methoxy groups -OCH3 is 1. The van der Waals surface area contributed by atoms with Gasteiger partial charge in [-0.05, 0) is 12.5 Å². The molecule has 1 aromatic rings. The maximum Gasteiger partial charge on any atom is 0.328 e. The van der Waals surface area contributed by atoms with E-state index in [4.69, 9.17) is 5.73 Å². The molecular formula is C12H16N2O4S2. The van der Waals surface area contributed by atoms with Crippen molar-refractivity contribution < 1.29 is 17.9 Å². The highest BCUT2D eigenvalue weighted by molar-refractivity contribution is 7.93. The molecule has 0 aromatic heterocycles. The molecule has 0 saturated heterocycles. The predicted molar refractivity (Wildman–Crippen MR) is 79.5 cm³/mol. The highest BCUT2D eigenvalue weighted by atomic mass is 32.2. The van der Waals surface area contributed by atoms with Gasteiger partial charge in [0.05, 0.1) is 12.1 Å². The Kier molecular flexibility index (Phi) is 5.61. The molecule has 0 amide bonds. The van der Waals surface area contributed by atoms with Crippen LogP contribution in [0.3, 0.4) is 0 Å². The molecule has 2 unspecified atom stereocenters. The van der Waals surface area contributed by atoms with Crippen LogP contribution in [0.25, 0.3) is 0 Å². The quantitative estimate of drug-likeness (QED) is 0.585. The Labute approximate surface area is 123 Å². The number of thiocarbonyl (C=S) groups is 1. The van der Waals surface area contributed by atoms with Crippen molar-refractivity contribution >= 4 is 33.2 Å². The van der Waals surface area contributed by atoms with Crippen molar-refractivity contribution in [2.45, 2.75) is 18.2 Å². The average molecular weight is 316 g/mol. The largest absolute Gasteiger partial charge is 0.468 e. The Balaban J connectivity index is 3.10. The lowest BCUT2D eigenvalue weighted by atomic mass is 10.1. The molecule has 8 heteroatoms. The zero-order chi connectivity index (χ0) is 15.3. The van der Waals surface area contributed by atoms with E-state index >= 15 is 0 Å². The lowest BCUT2D eigenvalue weighted by molar-refractivity contribution is -0.142. The summed E-state index contributed by atoms with van der Waals surface area (Å²) in [6.45, 7) is 1.35. The first-order chi connectivity index (χ1) is 9.29. The summed E-state index contributed by atoms with van der Waals surface area (Å²) in [4.78, 5) is 11.6. The van der Waals surface area contributed by atoms with E-state index in [-0.39, 0.29) is 4.99 Å². The van der Waals surface area contributed by atoms with Gasteiger partial charge in [-0.3, -0.25) is 0 Å². The van der Waals surface area contributed by atoms with Crippen molar-refractivity contribution in [3.8, 4) is 0 Å². The van der Waals surface area contributed by atoms with Gasteiger partial charge < -0.3 is 10.5 Å². The number of hydrogen-bond acceptors (Lipinski definition) is 5. The lowest BCUT2D eigenvalue weighted by Crippen LogP contribution is -2.43. The maximum atomic E-state index is 12.1. The molecule has 0 aliphatic heterocycles. The van der Waals surface area contributed by atoms with Crippen LogP contribution in [0.1, 0.15) is 18.5 Å². The van der Waals surface area contributed by atoms with Crippen LogP contribution >= 0.6 is 12.2 Å². The van der Waals surface area contributed by atoms with Crippen LogP contribution in [-0.4, -0.2) is 31.7 Å². The molecule has 0 heterocycles. The molecule has 1 aromatic carbocycles. The molecule has 0 bridgehead atoms. The van der Waals surface area contributed by atoms with Crippen molar-refractivity contribution in [2.24, 2.45) is 5.73 Å².